The smallest absolute Gasteiger partial charge is 0.150 e. The van der Waals surface area contributed by atoms with Crippen LogP contribution in [-0.4, -0.2) is 12.8 Å². The van der Waals surface area contributed by atoms with Crippen LogP contribution >= 0.6 is 0 Å². The molecule has 1 aromatic rings. The third-order valence-corrected chi connectivity index (χ3v) is 2.22. The van der Waals surface area contributed by atoms with Gasteiger partial charge in [0.2, 0.25) is 0 Å². The molecule has 0 fully saturated rings. The lowest BCUT2D eigenvalue weighted by molar-refractivity contribution is 0.112. The van der Waals surface area contributed by atoms with Crippen molar-refractivity contribution in [2.75, 3.05) is 6.54 Å². The molecule has 1 rings (SSSR count). The highest BCUT2D eigenvalue weighted by Crippen LogP contribution is 2.18. The molecule has 1 unspecified atom stereocenters. The molecule has 0 saturated heterocycles. The molecule has 0 aromatic heterocycles. The van der Waals surface area contributed by atoms with E-state index in [0.717, 1.165) is 18.3 Å². The number of benzene rings is 1. The first-order chi connectivity index (χ1) is 6.27. The molecule has 2 N–H and O–H groups in total. The Morgan fingerprint density at radius 2 is 2.31 bits per heavy atom. The summed E-state index contributed by atoms with van der Waals surface area (Å²) in [6.07, 6.45) is 1.83. The number of hydrogen-bond donors (Lipinski definition) is 1. The molecule has 13 heavy (non-hydrogen) atoms. The summed E-state index contributed by atoms with van der Waals surface area (Å²) >= 11 is 0. The molecule has 0 aliphatic carbocycles. The summed E-state index contributed by atoms with van der Waals surface area (Å²) in [6, 6.07) is 7.68. The summed E-state index contributed by atoms with van der Waals surface area (Å²) in [7, 11) is 0. The summed E-state index contributed by atoms with van der Waals surface area (Å²) in [6.45, 7) is 2.81. The average molecular weight is 177 g/mol. The lowest BCUT2D eigenvalue weighted by atomic mass is 9.96. The van der Waals surface area contributed by atoms with Crippen molar-refractivity contribution in [3.05, 3.63) is 35.4 Å². The first-order valence-electron chi connectivity index (χ1n) is 4.53. The minimum absolute atomic E-state index is 0.435. The molecular formula is C11H15NO. The van der Waals surface area contributed by atoms with E-state index in [0.29, 0.717) is 12.5 Å². The van der Waals surface area contributed by atoms with Gasteiger partial charge in [0.05, 0.1) is 0 Å². The van der Waals surface area contributed by atoms with E-state index in [2.05, 4.69) is 6.92 Å². The Labute approximate surface area is 78.8 Å². The number of nitrogens with two attached hydrogens (primary N) is 1. The van der Waals surface area contributed by atoms with Crippen LogP contribution in [0.4, 0.5) is 0 Å². The van der Waals surface area contributed by atoms with Gasteiger partial charge in [-0.05, 0) is 30.5 Å². The first-order valence-corrected chi connectivity index (χ1v) is 4.53. The van der Waals surface area contributed by atoms with Crippen LogP contribution in [0, 0.1) is 0 Å². The first kappa shape index (κ1) is 9.93. The number of aldehydes is 1. The largest absolute Gasteiger partial charge is 0.330 e. The SMILES string of the molecule is CC(CCN)c1cccc(C=O)c1. The molecule has 0 aliphatic heterocycles. The Kier molecular flexibility index (Phi) is 3.65. The fourth-order valence-electron chi connectivity index (χ4n) is 1.36. The van der Waals surface area contributed by atoms with Crippen LogP contribution in [0.2, 0.25) is 0 Å². The van der Waals surface area contributed by atoms with E-state index >= 15 is 0 Å². The lowest BCUT2D eigenvalue weighted by Gasteiger charge is -2.10. The predicted molar refractivity (Wildman–Crippen MR) is 53.9 cm³/mol. The molecule has 0 amide bonds. The van der Waals surface area contributed by atoms with Gasteiger partial charge in [0, 0.05) is 5.56 Å². The van der Waals surface area contributed by atoms with Crippen LogP contribution in [0.1, 0.15) is 35.2 Å². The Hall–Kier alpha value is -1.15. The number of rotatable bonds is 4. The van der Waals surface area contributed by atoms with Gasteiger partial charge in [-0.2, -0.15) is 0 Å². The van der Waals surface area contributed by atoms with Crippen molar-refractivity contribution >= 4 is 6.29 Å². The van der Waals surface area contributed by atoms with Crippen molar-refractivity contribution in [3.8, 4) is 0 Å². The Morgan fingerprint density at radius 3 is 2.92 bits per heavy atom. The van der Waals surface area contributed by atoms with E-state index in [-0.39, 0.29) is 0 Å². The van der Waals surface area contributed by atoms with Crippen LogP contribution in [-0.2, 0) is 0 Å². The van der Waals surface area contributed by atoms with Crippen molar-refractivity contribution in [2.24, 2.45) is 5.73 Å². The molecule has 1 atom stereocenters. The van der Waals surface area contributed by atoms with Crippen molar-refractivity contribution in [2.45, 2.75) is 19.3 Å². The zero-order chi connectivity index (χ0) is 9.68. The molecule has 70 valence electrons. The summed E-state index contributed by atoms with van der Waals surface area (Å²) in [5, 5.41) is 0. The van der Waals surface area contributed by atoms with Gasteiger partial charge in [-0.25, -0.2) is 0 Å². The van der Waals surface area contributed by atoms with Gasteiger partial charge in [-0.15, -0.1) is 0 Å². The standard InChI is InChI=1S/C11H15NO/c1-9(5-6-12)11-4-2-3-10(7-11)8-13/h2-4,7-9H,5-6,12H2,1H3. The van der Waals surface area contributed by atoms with Gasteiger partial charge in [-0.1, -0.05) is 25.1 Å². The lowest BCUT2D eigenvalue weighted by Crippen LogP contribution is -2.04. The Balaban J connectivity index is 2.81. The maximum absolute atomic E-state index is 10.5. The topological polar surface area (TPSA) is 43.1 Å². The van der Waals surface area contributed by atoms with E-state index in [9.17, 15) is 4.79 Å². The van der Waals surface area contributed by atoms with Crippen LogP contribution in [0.5, 0.6) is 0 Å². The third kappa shape index (κ3) is 2.67. The van der Waals surface area contributed by atoms with Gasteiger partial charge >= 0.3 is 0 Å². The number of carbonyl (C=O) groups is 1. The minimum atomic E-state index is 0.435. The summed E-state index contributed by atoms with van der Waals surface area (Å²) in [5.41, 5.74) is 7.40. The highest BCUT2D eigenvalue weighted by atomic mass is 16.1. The molecule has 0 aliphatic rings. The fraction of sp³-hybridized carbons (Fsp3) is 0.364. The van der Waals surface area contributed by atoms with Gasteiger partial charge < -0.3 is 5.73 Å². The molecule has 0 saturated carbocycles. The zero-order valence-corrected chi connectivity index (χ0v) is 7.86. The Morgan fingerprint density at radius 1 is 1.54 bits per heavy atom. The quantitative estimate of drug-likeness (QED) is 0.714. The van der Waals surface area contributed by atoms with Gasteiger partial charge in [0.15, 0.2) is 0 Å². The highest BCUT2D eigenvalue weighted by molar-refractivity contribution is 5.74. The van der Waals surface area contributed by atoms with E-state index in [1.807, 2.05) is 24.3 Å². The van der Waals surface area contributed by atoms with Crippen molar-refractivity contribution in [3.63, 3.8) is 0 Å². The van der Waals surface area contributed by atoms with Crippen LogP contribution in [0.15, 0.2) is 24.3 Å². The van der Waals surface area contributed by atoms with Crippen molar-refractivity contribution in [1.29, 1.82) is 0 Å². The molecule has 2 heteroatoms. The Bertz CT molecular complexity index is 283. The van der Waals surface area contributed by atoms with Gasteiger partial charge in [-0.3, -0.25) is 4.79 Å². The highest BCUT2D eigenvalue weighted by Gasteiger charge is 2.04. The van der Waals surface area contributed by atoms with Gasteiger partial charge in [0.25, 0.3) is 0 Å². The van der Waals surface area contributed by atoms with E-state index < -0.39 is 0 Å². The summed E-state index contributed by atoms with van der Waals surface area (Å²) in [5.74, 6) is 0.435. The molecule has 0 heterocycles. The predicted octanol–water partition coefficient (Wildman–Crippen LogP) is 1.95. The second kappa shape index (κ2) is 4.77. The van der Waals surface area contributed by atoms with E-state index in [4.69, 9.17) is 5.73 Å². The van der Waals surface area contributed by atoms with Crippen LogP contribution < -0.4 is 5.73 Å². The molecule has 2 nitrogen and oxygen atoms in total. The maximum atomic E-state index is 10.5. The van der Waals surface area contributed by atoms with Crippen LogP contribution in [0.25, 0.3) is 0 Å². The van der Waals surface area contributed by atoms with Crippen molar-refractivity contribution in [1.82, 2.24) is 0 Å². The second-order valence-electron chi connectivity index (χ2n) is 3.27. The summed E-state index contributed by atoms with van der Waals surface area (Å²) in [4.78, 5) is 10.5. The molecular weight excluding hydrogens is 162 g/mol. The molecule has 0 spiro atoms. The second-order valence-corrected chi connectivity index (χ2v) is 3.27. The third-order valence-electron chi connectivity index (χ3n) is 2.22. The number of carbonyl (C=O) groups excluding carboxylic acids is 1. The summed E-state index contributed by atoms with van der Waals surface area (Å²) < 4.78 is 0. The maximum Gasteiger partial charge on any atom is 0.150 e. The van der Waals surface area contributed by atoms with Gasteiger partial charge in [0.1, 0.15) is 6.29 Å². The fourth-order valence-corrected chi connectivity index (χ4v) is 1.36. The monoisotopic (exact) mass is 177 g/mol. The number of hydrogen-bond acceptors (Lipinski definition) is 2. The van der Waals surface area contributed by atoms with E-state index in [1.165, 1.54) is 5.56 Å². The molecule has 0 radical (unpaired) electrons. The van der Waals surface area contributed by atoms with E-state index in [1.54, 1.807) is 0 Å². The molecule has 0 bridgehead atoms. The van der Waals surface area contributed by atoms with Crippen molar-refractivity contribution < 1.29 is 4.79 Å². The molecule has 1 aromatic carbocycles. The average Bonchev–Trinajstić information content (AvgIpc) is 2.18. The minimum Gasteiger partial charge on any atom is -0.330 e. The normalized spacial score (nSPS) is 12.5. The van der Waals surface area contributed by atoms with Crippen LogP contribution in [0.3, 0.4) is 0 Å². The zero-order valence-electron chi connectivity index (χ0n) is 7.86.